The number of hydrogen-bond acceptors (Lipinski definition) is 0. The van der Waals surface area contributed by atoms with Crippen LogP contribution in [-0.2, 0) is 21.7 Å². The minimum Gasteiger partial charge on any atom is -0.0619 e. The number of benzene rings is 11. The first-order chi connectivity index (χ1) is 33.8. The molecule has 0 spiro atoms. The lowest BCUT2D eigenvalue weighted by atomic mass is 9.76. The lowest BCUT2D eigenvalue weighted by Gasteiger charge is -2.27. The van der Waals surface area contributed by atoms with Crippen LogP contribution in [0.1, 0.15) is 99.9 Å². The molecule has 11 aromatic carbocycles. The Hall–Kier alpha value is -7.54. The van der Waals surface area contributed by atoms with Crippen molar-refractivity contribution in [2.75, 3.05) is 0 Å². The zero-order valence-electron chi connectivity index (χ0n) is 41.3. The minimum absolute atomic E-state index is 0.0880. The van der Waals surface area contributed by atoms with E-state index in [1.165, 1.54) is 154 Å². The van der Waals surface area contributed by atoms with Crippen LogP contribution in [0.3, 0.4) is 0 Å². The van der Waals surface area contributed by atoms with Crippen molar-refractivity contribution in [3.05, 3.63) is 226 Å². The molecule has 0 N–H and O–H groups in total. The molecule has 0 aliphatic heterocycles. The Bertz CT molecular complexity index is 4220. The van der Waals surface area contributed by atoms with E-state index in [-0.39, 0.29) is 21.7 Å². The SMILES string of the molecule is CC1(C)c2cc(-c3cc4c(c5ccccc35)-c3ccccc3C4(C)C)ccc2-c2cc3c(cc21)C(C)(C)c1cc(-c2cc4c(c5ccccc25)-c2ccccc2C4(C)C)c2ccc4ccccc4c2c1-3. The van der Waals surface area contributed by atoms with Gasteiger partial charge in [-0.1, -0.05) is 207 Å². The fourth-order valence-electron chi connectivity index (χ4n) is 14.6. The number of hydrogen-bond donors (Lipinski definition) is 0. The Morgan fingerprint density at radius 3 is 1.33 bits per heavy atom. The average Bonchev–Trinajstić information content (AvgIpc) is 3.94. The molecule has 0 aromatic heterocycles. The Labute approximate surface area is 411 Å². The van der Waals surface area contributed by atoms with E-state index in [4.69, 9.17) is 0 Å². The van der Waals surface area contributed by atoms with Crippen molar-refractivity contribution >= 4 is 43.1 Å². The van der Waals surface area contributed by atoms with Crippen LogP contribution in [0.25, 0.3) is 110 Å². The summed E-state index contributed by atoms with van der Waals surface area (Å²) < 4.78 is 0. The van der Waals surface area contributed by atoms with Gasteiger partial charge in [-0.25, -0.2) is 0 Å². The molecule has 0 saturated heterocycles. The zero-order chi connectivity index (χ0) is 47.4. The zero-order valence-corrected chi connectivity index (χ0v) is 41.3. The maximum atomic E-state index is 2.62. The summed E-state index contributed by atoms with van der Waals surface area (Å²) in [7, 11) is 0. The smallest absolute Gasteiger partial charge is 0.0159 e. The average molecular weight is 895 g/mol. The molecule has 4 aliphatic carbocycles. The number of rotatable bonds is 2. The molecule has 0 unspecified atom stereocenters. The molecule has 0 heteroatoms. The molecule has 0 bridgehead atoms. The summed E-state index contributed by atoms with van der Waals surface area (Å²) in [4.78, 5) is 0. The summed E-state index contributed by atoms with van der Waals surface area (Å²) in [5.41, 5.74) is 27.0. The first-order valence-electron chi connectivity index (χ1n) is 25.4. The Morgan fingerprint density at radius 1 is 0.229 bits per heavy atom. The van der Waals surface area contributed by atoms with Crippen molar-refractivity contribution in [1.82, 2.24) is 0 Å². The van der Waals surface area contributed by atoms with Gasteiger partial charge in [-0.15, -0.1) is 0 Å². The second-order valence-corrected chi connectivity index (χ2v) is 23.1. The number of fused-ring (bicyclic) bond motifs is 20. The van der Waals surface area contributed by atoms with Gasteiger partial charge in [-0.2, -0.15) is 0 Å². The standard InChI is InChI=1S/C70H54/c1-67(2)55-27-17-15-25-48(55)63-45-23-13-11-21-42(45)50(35-60(63)67)40-30-31-44-53-34-54-59(38-58(53)69(5,6)57(44)33-40)70(7,8)62-37-52(47-32-29-39-19-9-10-20-41(39)65(47)66(54)62)51-36-61-64(46-24-14-12-22-43(46)51)49-26-16-18-28-56(49)68(61,3)4/h9-38H,1-8H3. The molecule has 0 nitrogen and oxygen atoms in total. The third-order valence-electron chi connectivity index (χ3n) is 18.2. The van der Waals surface area contributed by atoms with Crippen LogP contribution in [0.5, 0.6) is 0 Å². The summed E-state index contributed by atoms with van der Waals surface area (Å²) in [5, 5.41) is 10.6. The van der Waals surface area contributed by atoms with Crippen molar-refractivity contribution in [1.29, 1.82) is 0 Å². The molecule has 70 heavy (non-hydrogen) atoms. The van der Waals surface area contributed by atoms with E-state index in [1.807, 2.05) is 0 Å². The maximum absolute atomic E-state index is 2.62. The van der Waals surface area contributed by atoms with E-state index < -0.39 is 0 Å². The summed E-state index contributed by atoms with van der Waals surface area (Å²) >= 11 is 0. The third-order valence-corrected chi connectivity index (χ3v) is 18.2. The van der Waals surface area contributed by atoms with E-state index in [0.717, 1.165) is 0 Å². The van der Waals surface area contributed by atoms with Crippen LogP contribution in [0.2, 0.25) is 0 Å². The van der Waals surface area contributed by atoms with Crippen LogP contribution in [0, 0.1) is 0 Å². The molecule has 0 fully saturated rings. The predicted octanol–water partition coefficient (Wildman–Crippen LogP) is 18.9. The fraction of sp³-hybridized carbons (Fsp3) is 0.171. The van der Waals surface area contributed by atoms with Gasteiger partial charge in [0.2, 0.25) is 0 Å². The topological polar surface area (TPSA) is 0 Å². The van der Waals surface area contributed by atoms with Crippen LogP contribution in [0.4, 0.5) is 0 Å². The molecular weight excluding hydrogens is 841 g/mol. The van der Waals surface area contributed by atoms with Gasteiger partial charge in [0.15, 0.2) is 0 Å². The van der Waals surface area contributed by atoms with Gasteiger partial charge in [0.05, 0.1) is 0 Å². The second kappa shape index (κ2) is 13.2. The van der Waals surface area contributed by atoms with Crippen molar-refractivity contribution in [2.24, 2.45) is 0 Å². The van der Waals surface area contributed by atoms with E-state index >= 15 is 0 Å². The van der Waals surface area contributed by atoms with Crippen molar-refractivity contribution in [3.63, 3.8) is 0 Å². The summed E-state index contributed by atoms with van der Waals surface area (Å²) in [6.45, 7) is 19.5. The van der Waals surface area contributed by atoms with Crippen molar-refractivity contribution < 1.29 is 0 Å². The predicted molar refractivity (Wildman–Crippen MR) is 298 cm³/mol. The molecule has 15 rings (SSSR count). The van der Waals surface area contributed by atoms with E-state index in [0.29, 0.717) is 0 Å². The third kappa shape index (κ3) is 4.87. The minimum atomic E-state index is -0.245. The lowest BCUT2D eigenvalue weighted by molar-refractivity contribution is 0.639. The quantitative estimate of drug-likeness (QED) is 0.152. The van der Waals surface area contributed by atoms with Crippen LogP contribution < -0.4 is 0 Å². The van der Waals surface area contributed by atoms with Crippen LogP contribution >= 0.6 is 0 Å². The maximum Gasteiger partial charge on any atom is 0.0159 e. The Kier molecular flexibility index (Phi) is 7.61. The normalized spacial score (nSPS) is 16.5. The highest BCUT2D eigenvalue weighted by atomic mass is 14.5. The highest BCUT2D eigenvalue weighted by Crippen LogP contribution is 2.61. The fourth-order valence-corrected chi connectivity index (χ4v) is 14.6. The van der Waals surface area contributed by atoms with Gasteiger partial charge < -0.3 is 0 Å². The van der Waals surface area contributed by atoms with Crippen LogP contribution in [-0.4, -0.2) is 0 Å². The van der Waals surface area contributed by atoms with Crippen molar-refractivity contribution in [3.8, 4) is 66.8 Å². The molecule has 4 aliphatic rings. The molecule has 0 radical (unpaired) electrons. The summed E-state index contributed by atoms with van der Waals surface area (Å²) in [6, 6.07) is 70.6. The van der Waals surface area contributed by atoms with E-state index in [1.54, 1.807) is 0 Å². The Balaban J connectivity index is 0.951. The summed E-state index contributed by atoms with van der Waals surface area (Å²) in [5.74, 6) is 0. The summed E-state index contributed by atoms with van der Waals surface area (Å²) in [6.07, 6.45) is 0. The highest BCUT2D eigenvalue weighted by molar-refractivity contribution is 6.23. The van der Waals surface area contributed by atoms with Gasteiger partial charge in [-0.3, -0.25) is 0 Å². The molecule has 11 aromatic rings. The molecule has 0 atom stereocenters. The van der Waals surface area contributed by atoms with E-state index in [2.05, 4.69) is 237 Å². The monoisotopic (exact) mass is 894 g/mol. The second-order valence-electron chi connectivity index (χ2n) is 23.1. The lowest BCUT2D eigenvalue weighted by Crippen LogP contribution is -2.19. The molecule has 0 heterocycles. The highest BCUT2D eigenvalue weighted by Gasteiger charge is 2.44. The first-order valence-corrected chi connectivity index (χ1v) is 25.4. The largest absolute Gasteiger partial charge is 0.0619 e. The van der Waals surface area contributed by atoms with Gasteiger partial charge in [0, 0.05) is 21.7 Å². The molecule has 334 valence electrons. The Morgan fingerprint density at radius 2 is 0.686 bits per heavy atom. The van der Waals surface area contributed by atoms with Gasteiger partial charge in [-0.05, 0) is 185 Å². The molecule has 0 saturated carbocycles. The van der Waals surface area contributed by atoms with Gasteiger partial charge in [0.25, 0.3) is 0 Å². The first kappa shape index (κ1) is 40.4. The van der Waals surface area contributed by atoms with E-state index in [9.17, 15) is 0 Å². The van der Waals surface area contributed by atoms with Crippen LogP contribution in [0.15, 0.2) is 182 Å². The van der Waals surface area contributed by atoms with Crippen molar-refractivity contribution in [2.45, 2.75) is 77.0 Å². The van der Waals surface area contributed by atoms with Gasteiger partial charge in [0.1, 0.15) is 0 Å². The molecule has 0 amide bonds. The van der Waals surface area contributed by atoms with Gasteiger partial charge >= 0.3 is 0 Å². The molecular formula is C70H54.